The fraction of sp³-hybridized carbons (Fsp3) is 0.407. The summed E-state index contributed by atoms with van der Waals surface area (Å²) in [6.07, 6.45) is 4.94. The molecule has 4 rings (SSSR count). The zero-order valence-electron chi connectivity index (χ0n) is 20.3. The molecule has 2 fully saturated rings. The zero-order chi connectivity index (χ0) is 25.2. The summed E-state index contributed by atoms with van der Waals surface area (Å²) < 4.78 is 28.7. The Morgan fingerprint density at radius 3 is 2.34 bits per heavy atom. The summed E-state index contributed by atoms with van der Waals surface area (Å²) in [5, 5.41) is 5.84. The Morgan fingerprint density at radius 1 is 1.11 bits per heavy atom. The minimum absolute atomic E-state index is 0.0597. The van der Waals surface area contributed by atoms with E-state index in [1.807, 2.05) is 26.0 Å². The summed E-state index contributed by atoms with van der Waals surface area (Å²) in [6, 6.07) is 12.2. The lowest BCUT2D eigenvalue weighted by Crippen LogP contribution is -2.63. The van der Waals surface area contributed by atoms with Crippen molar-refractivity contribution in [2.75, 3.05) is 6.54 Å². The molecule has 1 heterocycles. The third kappa shape index (κ3) is 5.33. The maximum atomic E-state index is 13.6. The van der Waals surface area contributed by atoms with Crippen LogP contribution in [0.3, 0.4) is 0 Å². The molecule has 1 aliphatic heterocycles. The lowest BCUT2D eigenvalue weighted by Gasteiger charge is -2.54. The first-order valence-corrected chi connectivity index (χ1v) is 13.5. The second-order valence-corrected chi connectivity index (χ2v) is 11.6. The van der Waals surface area contributed by atoms with Crippen LogP contribution in [0.2, 0.25) is 0 Å². The number of nitrogens with zero attached hydrogens (tertiary/aromatic N) is 1. The first kappa shape index (κ1) is 25.1. The molecule has 8 heteroatoms. The highest BCUT2D eigenvalue weighted by atomic mass is 32.2. The van der Waals surface area contributed by atoms with Crippen LogP contribution in [0.5, 0.6) is 0 Å². The van der Waals surface area contributed by atoms with Gasteiger partial charge in [0.15, 0.2) is 0 Å². The summed E-state index contributed by atoms with van der Waals surface area (Å²) in [6.45, 7) is 8.29. The molecule has 0 aromatic heterocycles. The highest BCUT2D eigenvalue weighted by Crippen LogP contribution is 2.46. The number of hydrogen-bond donors (Lipinski definition) is 2. The van der Waals surface area contributed by atoms with Gasteiger partial charge in [-0.3, -0.25) is 9.59 Å². The van der Waals surface area contributed by atoms with Crippen molar-refractivity contribution in [2.45, 2.75) is 69.0 Å². The maximum absolute atomic E-state index is 13.6. The quantitative estimate of drug-likeness (QED) is 0.574. The number of rotatable bonds is 7. The van der Waals surface area contributed by atoms with E-state index in [9.17, 15) is 18.0 Å². The van der Waals surface area contributed by atoms with Crippen LogP contribution in [0.4, 0.5) is 0 Å². The molecule has 1 aliphatic carbocycles. The second kappa shape index (κ2) is 9.95. The van der Waals surface area contributed by atoms with E-state index in [-0.39, 0.29) is 22.8 Å². The van der Waals surface area contributed by atoms with Crippen LogP contribution in [-0.4, -0.2) is 42.7 Å². The summed E-state index contributed by atoms with van der Waals surface area (Å²) >= 11 is 0. The predicted octanol–water partition coefficient (Wildman–Crippen LogP) is 3.61. The van der Waals surface area contributed by atoms with Gasteiger partial charge < -0.3 is 10.6 Å². The van der Waals surface area contributed by atoms with Crippen LogP contribution >= 0.6 is 0 Å². The number of carbonyl (C=O) groups excluding carboxylic acids is 2. The average molecular weight is 496 g/mol. The molecule has 186 valence electrons. The fourth-order valence-electron chi connectivity index (χ4n) is 5.33. The molecule has 2 aromatic carbocycles. The van der Waals surface area contributed by atoms with Crippen molar-refractivity contribution in [3.8, 4) is 0 Å². The number of nitrogens with one attached hydrogen (secondary N) is 2. The summed E-state index contributed by atoms with van der Waals surface area (Å²) in [4.78, 5) is 24.6. The van der Waals surface area contributed by atoms with Gasteiger partial charge in [-0.25, -0.2) is 8.42 Å². The summed E-state index contributed by atoms with van der Waals surface area (Å²) in [5.41, 5.74) is 3.25. The highest BCUT2D eigenvalue weighted by molar-refractivity contribution is 7.89. The van der Waals surface area contributed by atoms with Gasteiger partial charge in [0.25, 0.3) is 5.91 Å². The number of hydrogen-bond acceptors (Lipinski definition) is 4. The van der Waals surface area contributed by atoms with Crippen molar-refractivity contribution in [1.29, 1.82) is 0 Å². The Labute approximate surface area is 207 Å². The molecule has 35 heavy (non-hydrogen) atoms. The summed E-state index contributed by atoms with van der Waals surface area (Å²) in [7, 11) is -3.73. The number of aryl methyl sites for hydroxylation is 2. The summed E-state index contributed by atoms with van der Waals surface area (Å²) in [5.74, 6) is -0.477. The smallest absolute Gasteiger partial charge is 0.251 e. The van der Waals surface area contributed by atoms with E-state index in [1.165, 1.54) is 18.2 Å². The molecule has 2 aromatic rings. The average Bonchev–Trinajstić information content (AvgIpc) is 2.80. The van der Waals surface area contributed by atoms with Gasteiger partial charge in [-0.2, -0.15) is 4.31 Å². The molecule has 2 amide bonds. The van der Waals surface area contributed by atoms with Gasteiger partial charge in [-0.1, -0.05) is 35.9 Å². The van der Waals surface area contributed by atoms with Crippen LogP contribution < -0.4 is 10.6 Å². The first-order chi connectivity index (χ1) is 16.6. The van der Waals surface area contributed by atoms with E-state index in [0.29, 0.717) is 31.5 Å². The lowest BCUT2D eigenvalue weighted by atomic mass is 9.70. The lowest BCUT2D eigenvalue weighted by molar-refractivity contribution is -0.117. The van der Waals surface area contributed by atoms with Crippen molar-refractivity contribution in [3.63, 3.8) is 0 Å². The Hall–Kier alpha value is -2.97. The number of amides is 2. The number of carbonyl (C=O) groups is 2. The predicted molar refractivity (Wildman–Crippen MR) is 135 cm³/mol. The van der Waals surface area contributed by atoms with E-state index < -0.39 is 15.6 Å². The molecule has 2 N–H and O–H groups in total. The molecule has 0 radical (unpaired) electrons. The van der Waals surface area contributed by atoms with E-state index >= 15 is 0 Å². The van der Waals surface area contributed by atoms with E-state index in [1.54, 1.807) is 16.4 Å². The zero-order valence-corrected chi connectivity index (χ0v) is 21.2. The van der Waals surface area contributed by atoms with E-state index in [2.05, 4.69) is 23.3 Å². The minimum Gasteiger partial charge on any atom is -0.350 e. The SMILES string of the molecule is C=CC(=O)NC1CCN(S(=O)(=O)c2ccc(C(=O)NCc3cc(C)cc(C)c3)cc2)C2(CCC2)C1. The van der Waals surface area contributed by atoms with Crippen LogP contribution in [0.25, 0.3) is 0 Å². The molecule has 1 saturated heterocycles. The standard InChI is InChI=1S/C27H33N3O4S/c1-4-25(31)29-23-10-13-30(27(17-23)11-5-12-27)35(33,34)24-8-6-22(7-9-24)26(32)28-18-21-15-19(2)14-20(3)16-21/h4,6-9,14-16,23H,1,5,10-13,17-18H2,2-3H3,(H,28,32)(H,29,31). The number of benzene rings is 2. The molecule has 1 unspecified atom stereocenters. The van der Waals surface area contributed by atoms with Gasteiger partial charge in [0.1, 0.15) is 0 Å². The minimum atomic E-state index is -3.73. The molecule has 7 nitrogen and oxygen atoms in total. The molecule has 2 aliphatic rings. The molecule has 0 bridgehead atoms. The van der Waals surface area contributed by atoms with Gasteiger partial charge in [-0.05, 0) is 81.9 Å². The van der Waals surface area contributed by atoms with E-state index in [4.69, 9.17) is 0 Å². The van der Waals surface area contributed by atoms with Crippen molar-refractivity contribution >= 4 is 21.8 Å². The fourth-order valence-corrected chi connectivity index (χ4v) is 7.18. The van der Waals surface area contributed by atoms with Crippen molar-refractivity contribution in [3.05, 3.63) is 77.4 Å². The van der Waals surface area contributed by atoms with Crippen molar-refractivity contribution in [1.82, 2.24) is 14.9 Å². The highest BCUT2D eigenvalue weighted by Gasteiger charge is 2.51. The first-order valence-electron chi connectivity index (χ1n) is 12.0. The van der Waals surface area contributed by atoms with Gasteiger partial charge >= 0.3 is 0 Å². The third-order valence-electron chi connectivity index (χ3n) is 7.09. The molecular formula is C27H33N3O4S. The monoisotopic (exact) mass is 495 g/mol. The third-order valence-corrected chi connectivity index (χ3v) is 9.11. The topological polar surface area (TPSA) is 95.6 Å². The van der Waals surface area contributed by atoms with Crippen LogP contribution in [0.1, 0.15) is 59.2 Å². The number of piperidine rings is 1. The molecule has 1 spiro atoms. The van der Waals surface area contributed by atoms with Gasteiger partial charge in [-0.15, -0.1) is 0 Å². The Balaban J connectivity index is 1.44. The maximum Gasteiger partial charge on any atom is 0.251 e. The van der Waals surface area contributed by atoms with Gasteiger partial charge in [0.05, 0.1) is 4.90 Å². The second-order valence-electron chi connectivity index (χ2n) is 9.76. The Bertz CT molecular complexity index is 1210. The van der Waals surface area contributed by atoms with Crippen LogP contribution in [0, 0.1) is 13.8 Å². The molecule has 1 atom stereocenters. The van der Waals surface area contributed by atoms with Crippen molar-refractivity contribution < 1.29 is 18.0 Å². The normalized spacial score (nSPS) is 19.5. The Morgan fingerprint density at radius 2 is 1.77 bits per heavy atom. The Kier molecular flexibility index (Phi) is 7.15. The van der Waals surface area contributed by atoms with E-state index in [0.717, 1.165) is 36.0 Å². The number of sulfonamides is 1. The van der Waals surface area contributed by atoms with Gasteiger partial charge in [0, 0.05) is 30.2 Å². The van der Waals surface area contributed by atoms with Crippen LogP contribution in [-0.2, 0) is 21.4 Å². The van der Waals surface area contributed by atoms with Gasteiger partial charge in [0.2, 0.25) is 15.9 Å². The van der Waals surface area contributed by atoms with Crippen molar-refractivity contribution in [2.24, 2.45) is 0 Å². The molecule has 1 saturated carbocycles. The van der Waals surface area contributed by atoms with Crippen LogP contribution in [0.15, 0.2) is 60.0 Å². The molecular weight excluding hydrogens is 462 g/mol. The largest absolute Gasteiger partial charge is 0.350 e.